The Kier molecular flexibility index (Phi) is 5.05. The molecule has 0 unspecified atom stereocenters. The smallest absolute Gasteiger partial charge is 0.247 e. The average Bonchev–Trinajstić information content (AvgIpc) is 3.31. The van der Waals surface area contributed by atoms with Crippen LogP contribution in [0.15, 0.2) is 62.6 Å². The second-order valence-electron chi connectivity index (χ2n) is 5.27. The second kappa shape index (κ2) is 7.61. The van der Waals surface area contributed by atoms with Crippen molar-refractivity contribution in [3.63, 3.8) is 0 Å². The Morgan fingerprint density at radius 3 is 2.50 bits per heavy atom. The van der Waals surface area contributed by atoms with E-state index in [1.165, 1.54) is 11.8 Å². The number of benzene rings is 2. The van der Waals surface area contributed by atoms with E-state index in [1.54, 1.807) is 12.1 Å². The first-order valence-electron chi connectivity index (χ1n) is 7.57. The molecule has 0 saturated carbocycles. The summed E-state index contributed by atoms with van der Waals surface area (Å²) in [6, 6.07) is 15.1. The van der Waals surface area contributed by atoms with Crippen LogP contribution in [0, 0.1) is 0 Å². The molecule has 0 bridgehead atoms. The maximum Gasteiger partial charge on any atom is 0.247 e. The predicted molar refractivity (Wildman–Crippen MR) is 104 cm³/mol. The second-order valence-corrected chi connectivity index (χ2v) is 7.56. The molecule has 0 aliphatic carbocycles. The van der Waals surface area contributed by atoms with Gasteiger partial charge in [0.15, 0.2) is 5.82 Å². The van der Waals surface area contributed by atoms with Gasteiger partial charge in [-0.15, -0.1) is 15.3 Å². The minimum absolute atomic E-state index is 0.461. The first-order chi connectivity index (χ1) is 12.7. The van der Waals surface area contributed by atoms with Crippen molar-refractivity contribution in [1.82, 2.24) is 25.4 Å². The molecule has 0 saturated heterocycles. The van der Waals surface area contributed by atoms with Gasteiger partial charge in [0.1, 0.15) is 0 Å². The van der Waals surface area contributed by atoms with Gasteiger partial charge in [0.2, 0.25) is 16.9 Å². The summed E-state index contributed by atoms with van der Waals surface area (Å²) >= 11 is 10.7. The lowest BCUT2D eigenvalue weighted by molar-refractivity contribution is 0.528. The van der Waals surface area contributed by atoms with Gasteiger partial charge >= 0.3 is 0 Å². The van der Waals surface area contributed by atoms with Crippen LogP contribution in [0.1, 0.15) is 5.89 Å². The van der Waals surface area contributed by atoms with Crippen LogP contribution in [-0.4, -0.2) is 25.4 Å². The van der Waals surface area contributed by atoms with Gasteiger partial charge in [-0.25, -0.2) is 4.98 Å². The molecule has 6 nitrogen and oxygen atoms in total. The van der Waals surface area contributed by atoms with Crippen LogP contribution in [0.25, 0.3) is 22.8 Å². The molecule has 0 amide bonds. The Hall–Kier alpha value is -2.16. The standard InChI is InChI=1S/C17H11BrClN5OS/c18-12-5-1-10(2-6-12)15-20-17(24-22-15)26-9-14-21-23-16(25-14)11-3-7-13(19)8-4-11/h1-8H,9H2,(H,20,22,24). The fourth-order valence-corrected chi connectivity index (χ4v) is 3.22. The van der Waals surface area contributed by atoms with Crippen molar-refractivity contribution < 1.29 is 4.42 Å². The molecule has 0 radical (unpaired) electrons. The van der Waals surface area contributed by atoms with Gasteiger partial charge in [-0.05, 0) is 36.4 Å². The Balaban J connectivity index is 1.42. The Bertz CT molecular complexity index is 933. The first kappa shape index (κ1) is 17.3. The normalized spacial score (nSPS) is 11.0. The van der Waals surface area contributed by atoms with E-state index >= 15 is 0 Å². The molecule has 0 fully saturated rings. The molecule has 26 heavy (non-hydrogen) atoms. The number of aromatic nitrogens is 5. The zero-order valence-electron chi connectivity index (χ0n) is 13.2. The third kappa shape index (κ3) is 3.98. The van der Waals surface area contributed by atoms with Crippen molar-refractivity contribution in [3.8, 4) is 22.8 Å². The van der Waals surface area contributed by atoms with Gasteiger partial charge < -0.3 is 4.42 Å². The molecular weight excluding hydrogens is 438 g/mol. The first-order valence-corrected chi connectivity index (χ1v) is 9.72. The van der Waals surface area contributed by atoms with E-state index in [2.05, 4.69) is 41.3 Å². The lowest BCUT2D eigenvalue weighted by Gasteiger charge is -1.95. The molecular formula is C17H11BrClN5OS. The van der Waals surface area contributed by atoms with Crippen molar-refractivity contribution in [2.75, 3.05) is 0 Å². The van der Waals surface area contributed by atoms with Crippen molar-refractivity contribution >= 4 is 39.3 Å². The van der Waals surface area contributed by atoms with E-state index in [9.17, 15) is 0 Å². The van der Waals surface area contributed by atoms with Crippen LogP contribution in [0.3, 0.4) is 0 Å². The molecule has 4 rings (SSSR count). The van der Waals surface area contributed by atoms with E-state index in [0.29, 0.717) is 33.5 Å². The number of thioether (sulfide) groups is 1. The van der Waals surface area contributed by atoms with E-state index in [4.69, 9.17) is 16.0 Å². The molecule has 130 valence electrons. The number of halogens is 2. The fraction of sp³-hybridized carbons (Fsp3) is 0.0588. The van der Waals surface area contributed by atoms with Crippen molar-refractivity contribution in [2.45, 2.75) is 10.9 Å². The van der Waals surface area contributed by atoms with E-state index in [0.717, 1.165) is 15.6 Å². The zero-order chi connectivity index (χ0) is 17.9. The van der Waals surface area contributed by atoms with Crippen molar-refractivity contribution in [2.24, 2.45) is 0 Å². The van der Waals surface area contributed by atoms with Crippen LogP contribution in [-0.2, 0) is 5.75 Å². The lowest BCUT2D eigenvalue weighted by atomic mass is 10.2. The maximum absolute atomic E-state index is 5.89. The van der Waals surface area contributed by atoms with E-state index in [1.807, 2.05) is 36.4 Å². The lowest BCUT2D eigenvalue weighted by Crippen LogP contribution is -1.82. The number of H-pyrrole nitrogens is 1. The molecule has 0 aliphatic heterocycles. The highest BCUT2D eigenvalue weighted by Crippen LogP contribution is 2.25. The molecule has 0 aliphatic rings. The number of nitrogens with zero attached hydrogens (tertiary/aromatic N) is 4. The largest absolute Gasteiger partial charge is 0.420 e. The number of hydrogen-bond acceptors (Lipinski definition) is 6. The average molecular weight is 449 g/mol. The van der Waals surface area contributed by atoms with Gasteiger partial charge in [-0.3, -0.25) is 5.10 Å². The predicted octanol–water partition coefficient (Wildman–Crippen LogP) is 5.23. The van der Waals surface area contributed by atoms with Crippen LogP contribution >= 0.6 is 39.3 Å². The highest BCUT2D eigenvalue weighted by molar-refractivity contribution is 9.10. The number of rotatable bonds is 5. The number of nitrogens with one attached hydrogen (secondary N) is 1. The third-order valence-corrected chi connectivity index (χ3v) is 5.08. The summed E-state index contributed by atoms with van der Waals surface area (Å²) in [6.45, 7) is 0. The molecule has 1 N–H and O–H groups in total. The minimum atomic E-state index is 0.461. The van der Waals surface area contributed by atoms with Crippen LogP contribution < -0.4 is 0 Å². The molecule has 9 heteroatoms. The Morgan fingerprint density at radius 1 is 1.00 bits per heavy atom. The number of aromatic amines is 1. The minimum Gasteiger partial charge on any atom is -0.420 e. The monoisotopic (exact) mass is 447 g/mol. The maximum atomic E-state index is 5.89. The van der Waals surface area contributed by atoms with Gasteiger partial charge in [0.05, 0.1) is 5.75 Å². The van der Waals surface area contributed by atoms with Gasteiger partial charge in [-0.1, -0.05) is 51.4 Å². The third-order valence-electron chi connectivity index (χ3n) is 3.47. The summed E-state index contributed by atoms with van der Waals surface area (Å²) in [5.41, 5.74) is 1.80. The summed E-state index contributed by atoms with van der Waals surface area (Å²) < 4.78 is 6.70. The van der Waals surface area contributed by atoms with E-state index in [-0.39, 0.29) is 0 Å². The van der Waals surface area contributed by atoms with Crippen molar-refractivity contribution in [3.05, 3.63) is 63.9 Å². The van der Waals surface area contributed by atoms with Crippen molar-refractivity contribution in [1.29, 1.82) is 0 Å². The van der Waals surface area contributed by atoms with Gasteiger partial charge in [-0.2, -0.15) is 0 Å². The SMILES string of the molecule is Clc1ccc(-c2nnc(CSc3n[nH]c(-c4ccc(Br)cc4)n3)o2)cc1. The van der Waals surface area contributed by atoms with Crippen LogP contribution in [0.5, 0.6) is 0 Å². The van der Waals surface area contributed by atoms with Crippen LogP contribution in [0.4, 0.5) is 0 Å². The highest BCUT2D eigenvalue weighted by atomic mass is 79.9. The Morgan fingerprint density at radius 2 is 1.73 bits per heavy atom. The molecule has 2 aromatic heterocycles. The summed E-state index contributed by atoms with van der Waals surface area (Å²) in [5, 5.41) is 16.6. The zero-order valence-corrected chi connectivity index (χ0v) is 16.3. The van der Waals surface area contributed by atoms with Crippen LogP contribution in [0.2, 0.25) is 5.02 Å². The quantitative estimate of drug-likeness (QED) is 0.421. The summed E-state index contributed by atoms with van der Waals surface area (Å²) in [4.78, 5) is 4.48. The Labute approximate surface area is 166 Å². The molecule has 4 aromatic rings. The number of hydrogen-bond donors (Lipinski definition) is 1. The topological polar surface area (TPSA) is 80.5 Å². The van der Waals surface area contributed by atoms with Gasteiger partial charge in [0, 0.05) is 20.6 Å². The summed E-state index contributed by atoms with van der Waals surface area (Å²) in [7, 11) is 0. The highest BCUT2D eigenvalue weighted by Gasteiger charge is 2.11. The fourth-order valence-electron chi connectivity index (χ4n) is 2.20. The summed E-state index contributed by atoms with van der Waals surface area (Å²) in [5.74, 6) is 2.17. The summed E-state index contributed by atoms with van der Waals surface area (Å²) in [6.07, 6.45) is 0. The molecule has 2 heterocycles. The molecule has 0 atom stereocenters. The molecule has 0 spiro atoms. The molecule has 2 aromatic carbocycles. The van der Waals surface area contributed by atoms with Gasteiger partial charge in [0.25, 0.3) is 0 Å². The van der Waals surface area contributed by atoms with E-state index < -0.39 is 0 Å².